The van der Waals surface area contributed by atoms with Crippen LogP contribution in [0.3, 0.4) is 0 Å². The van der Waals surface area contributed by atoms with Crippen molar-refractivity contribution in [2.75, 3.05) is 13.2 Å². The van der Waals surface area contributed by atoms with Crippen molar-refractivity contribution in [1.82, 2.24) is 5.32 Å². The number of rotatable bonds is 13. The van der Waals surface area contributed by atoms with Crippen molar-refractivity contribution in [3.05, 3.63) is 42.5 Å². The summed E-state index contributed by atoms with van der Waals surface area (Å²) in [6.45, 7) is 11.7. The maximum absolute atomic E-state index is 12.3. The first-order chi connectivity index (χ1) is 13.3. The van der Waals surface area contributed by atoms with E-state index < -0.39 is 5.72 Å². The van der Waals surface area contributed by atoms with Crippen molar-refractivity contribution < 1.29 is 23.8 Å². The molecule has 7 heteroatoms. The average molecular weight is 428 g/mol. The molecule has 0 aliphatic carbocycles. The second kappa shape index (κ2) is 14.0. The van der Waals surface area contributed by atoms with Gasteiger partial charge in [0, 0.05) is 18.9 Å². The van der Waals surface area contributed by atoms with E-state index in [1.165, 1.54) is 0 Å². The number of nitrogens with one attached hydrogen (secondary N) is 1. The number of allylic oxidation sites excluding steroid dienone is 1. The lowest BCUT2D eigenvalue weighted by Gasteiger charge is -2.32. The molecule has 29 heavy (non-hydrogen) atoms. The quantitative estimate of drug-likeness (QED) is 0.289. The van der Waals surface area contributed by atoms with Gasteiger partial charge in [-0.3, -0.25) is 14.9 Å². The molecular weight excluding hydrogens is 394 g/mol. The molecule has 1 rings (SSSR count). The van der Waals surface area contributed by atoms with E-state index in [9.17, 15) is 9.59 Å². The van der Waals surface area contributed by atoms with Crippen LogP contribution in [0.5, 0.6) is 5.75 Å². The van der Waals surface area contributed by atoms with Gasteiger partial charge in [0.05, 0.1) is 6.61 Å². The third-order valence-electron chi connectivity index (χ3n) is 3.84. The van der Waals surface area contributed by atoms with E-state index in [0.29, 0.717) is 19.4 Å². The second-order valence-electron chi connectivity index (χ2n) is 7.05. The fourth-order valence-corrected chi connectivity index (χ4v) is 2.81. The molecule has 1 aromatic carbocycles. The molecule has 0 aliphatic rings. The van der Waals surface area contributed by atoms with E-state index in [-0.39, 0.29) is 49.8 Å². The Labute approximate surface area is 180 Å². The van der Waals surface area contributed by atoms with Crippen LogP contribution < -0.4 is 10.1 Å². The van der Waals surface area contributed by atoms with Gasteiger partial charge in [0.1, 0.15) is 12.4 Å². The first-order valence-corrected chi connectivity index (χ1v) is 9.76. The molecule has 0 amide bonds. The predicted molar refractivity (Wildman–Crippen MR) is 116 cm³/mol. The number of esters is 2. The van der Waals surface area contributed by atoms with Crippen LogP contribution in [0.25, 0.3) is 0 Å². The number of carbonyl (C=O) groups is 2. The van der Waals surface area contributed by atoms with E-state index >= 15 is 0 Å². The van der Waals surface area contributed by atoms with Gasteiger partial charge in [0.15, 0.2) is 5.72 Å². The molecular formula is C22H34ClNO5. The third kappa shape index (κ3) is 10.9. The highest BCUT2D eigenvalue weighted by atomic mass is 35.5. The lowest BCUT2D eigenvalue weighted by atomic mass is 10.1. The van der Waals surface area contributed by atoms with Gasteiger partial charge >= 0.3 is 11.9 Å². The van der Waals surface area contributed by atoms with Crippen molar-refractivity contribution in [1.29, 1.82) is 0 Å². The van der Waals surface area contributed by atoms with Gasteiger partial charge in [-0.15, -0.1) is 19.0 Å². The Kier molecular flexibility index (Phi) is 13.0. The van der Waals surface area contributed by atoms with Crippen LogP contribution in [-0.4, -0.2) is 36.9 Å². The number of benzene rings is 1. The topological polar surface area (TPSA) is 73.9 Å². The second-order valence-corrected chi connectivity index (χ2v) is 7.05. The number of hydrogen-bond acceptors (Lipinski definition) is 6. The molecule has 0 saturated carbocycles. The zero-order chi connectivity index (χ0) is 21.0. The summed E-state index contributed by atoms with van der Waals surface area (Å²) in [4.78, 5) is 23.7. The van der Waals surface area contributed by atoms with Crippen molar-refractivity contribution in [2.24, 2.45) is 0 Å². The molecule has 1 N–H and O–H groups in total. The third-order valence-corrected chi connectivity index (χ3v) is 3.84. The van der Waals surface area contributed by atoms with E-state index in [1.54, 1.807) is 13.8 Å². The number of para-hydroxylation sites is 1. The fourth-order valence-electron chi connectivity index (χ4n) is 2.81. The SMILES string of the molecule is C=CCc1ccccc1OCC(C)(NC(C)C)OC(=O)CCCC(=O)OCC.Cl. The van der Waals surface area contributed by atoms with Crippen LogP contribution in [0, 0.1) is 0 Å². The van der Waals surface area contributed by atoms with E-state index in [4.69, 9.17) is 14.2 Å². The fraction of sp³-hybridized carbons (Fsp3) is 0.545. The molecule has 0 aromatic heterocycles. The van der Waals surface area contributed by atoms with Gasteiger partial charge in [-0.2, -0.15) is 0 Å². The Morgan fingerprint density at radius 2 is 1.86 bits per heavy atom. The molecule has 1 unspecified atom stereocenters. The summed E-state index contributed by atoms with van der Waals surface area (Å²) in [6.07, 6.45) is 3.23. The van der Waals surface area contributed by atoms with Crippen LogP contribution >= 0.6 is 12.4 Å². The van der Waals surface area contributed by atoms with Crippen LogP contribution in [0.15, 0.2) is 36.9 Å². The zero-order valence-electron chi connectivity index (χ0n) is 17.9. The van der Waals surface area contributed by atoms with Gasteiger partial charge in [-0.1, -0.05) is 24.3 Å². The first kappa shape index (κ1) is 27.0. The van der Waals surface area contributed by atoms with E-state index in [2.05, 4.69) is 11.9 Å². The lowest BCUT2D eigenvalue weighted by molar-refractivity contribution is -0.166. The van der Waals surface area contributed by atoms with E-state index in [1.807, 2.05) is 44.2 Å². The van der Waals surface area contributed by atoms with Gasteiger partial charge < -0.3 is 14.2 Å². The Balaban J connectivity index is 0.00000784. The molecule has 0 radical (unpaired) electrons. The van der Waals surface area contributed by atoms with E-state index in [0.717, 1.165) is 11.3 Å². The molecule has 0 heterocycles. The highest BCUT2D eigenvalue weighted by Crippen LogP contribution is 2.21. The van der Waals surface area contributed by atoms with Crippen molar-refractivity contribution in [3.63, 3.8) is 0 Å². The minimum absolute atomic E-state index is 0. The summed E-state index contributed by atoms with van der Waals surface area (Å²) in [5.41, 5.74) is 0.0291. The lowest BCUT2D eigenvalue weighted by Crippen LogP contribution is -2.53. The van der Waals surface area contributed by atoms with Crippen LogP contribution in [0.1, 0.15) is 52.5 Å². The zero-order valence-corrected chi connectivity index (χ0v) is 18.7. The Hall–Kier alpha value is -2.05. The van der Waals surface area contributed by atoms with Crippen LogP contribution in [-0.2, 0) is 25.5 Å². The number of ether oxygens (including phenoxy) is 3. The molecule has 6 nitrogen and oxygen atoms in total. The molecule has 0 bridgehead atoms. The summed E-state index contributed by atoms with van der Waals surface area (Å²) in [5, 5.41) is 3.25. The summed E-state index contributed by atoms with van der Waals surface area (Å²) in [6, 6.07) is 7.79. The van der Waals surface area contributed by atoms with Crippen molar-refractivity contribution in [2.45, 2.75) is 65.1 Å². The molecule has 164 valence electrons. The normalized spacial score (nSPS) is 12.4. The van der Waals surface area contributed by atoms with Gasteiger partial charge in [-0.25, -0.2) is 0 Å². The van der Waals surface area contributed by atoms with Gasteiger partial charge in [0.2, 0.25) is 0 Å². The maximum Gasteiger partial charge on any atom is 0.307 e. The Bertz CT molecular complexity index is 650. The largest absolute Gasteiger partial charge is 0.488 e. The molecule has 1 aromatic rings. The number of hydrogen-bond donors (Lipinski definition) is 1. The predicted octanol–water partition coefficient (Wildman–Crippen LogP) is 4.21. The molecule has 1 atom stereocenters. The Morgan fingerprint density at radius 1 is 1.21 bits per heavy atom. The van der Waals surface area contributed by atoms with Gasteiger partial charge in [0.25, 0.3) is 0 Å². The molecule has 0 spiro atoms. The first-order valence-electron chi connectivity index (χ1n) is 9.76. The van der Waals surface area contributed by atoms with Crippen molar-refractivity contribution >= 4 is 24.3 Å². The van der Waals surface area contributed by atoms with Crippen molar-refractivity contribution in [3.8, 4) is 5.75 Å². The summed E-state index contributed by atoms with van der Waals surface area (Å²) in [7, 11) is 0. The average Bonchev–Trinajstić information content (AvgIpc) is 2.60. The van der Waals surface area contributed by atoms with Gasteiger partial charge in [-0.05, 0) is 52.2 Å². The molecule has 0 saturated heterocycles. The summed E-state index contributed by atoms with van der Waals surface area (Å²) < 4.78 is 16.5. The summed E-state index contributed by atoms with van der Waals surface area (Å²) >= 11 is 0. The Morgan fingerprint density at radius 3 is 2.48 bits per heavy atom. The van der Waals surface area contributed by atoms with Crippen LogP contribution in [0.4, 0.5) is 0 Å². The minimum atomic E-state index is -0.990. The van der Waals surface area contributed by atoms with Crippen LogP contribution in [0.2, 0.25) is 0 Å². The maximum atomic E-state index is 12.3. The molecule has 0 aliphatic heterocycles. The monoisotopic (exact) mass is 427 g/mol. The number of halogens is 1. The highest BCUT2D eigenvalue weighted by Gasteiger charge is 2.30. The number of carbonyl (C=O) groups excluding carboxylic acids is 2. The minimum Gasteiger partial charge on any atom is -0.488 e. The summed E-state index contributed by atoms with van der Waals surface area (Å²) in [5.74, 6) is 0.0426. The standard InChI is InChI=1S/C22H33NO5.ClH/c1-6-11-18-12-8-9-13-19(18)27-16-22(5,23-17(3)4)28-21(25)15-10-14-20(24)26-7-2;/h6,8-9,12-13,17,23H,1,7,10-11,14-16H2,2-5H3;1H. The molecule has 0 fully saturated rings. The smallest absolute Gasteiger partial charge is 0.307 e. The highest BCUT2D eigenvalue weighted by molar-refractivity contribution is 5.85.